The van der Waals surface area contributed by atoms with E-state index < -0.39 is 0 Å². The molecule has 5 heteroatoms. The largest absolute Gasteiger partial charge is 0.351 e. The second-order valence-corrected chi connectivity index (χ2v) is 6.01. The minimum atomic E-state index is 0. The van der Waals surface area contributed by atoms with Gasteiger partial charge in [0.2, 0.25) is 5.91 Å². The zero-order valence-corrected chi connectivity index (χ0v) is 13.7. The molecule has 0 unspecified atom stereocenters. The van der Waals surface area contributed by atoms with E-state index in [1.54, 1.807) is 11.8 Å². The lowest BCUT2D eigenvalue weighted by Crippen LogP contribution is -2.34. The smallest absolute Gasteiger partial charge is 0.234 e. The van der Waals surface area contributed by atoms with E-state index in [-0.39, 0.29) is 18.3 Å². The maximum atomic E-state index is 11.7. The normalized spacial score (nSPS) is 13.7. The summed E-state index contributed by atoms with van der Waals surface area (Å²) in [4.78, 5) is 12.9. The van der Waals surface area contributed by atoms with E-state index in [1.807, 2.05) is 0 Å². The lowest BCUT2D eigenvalue weighted by molar-refractivity contribution is -0.120. The number of aryl methyl sites for hydroxylation is 1. The molecular formula is C15H23ClN2OS. The molecule has 3 nitrogen and oxygen atoms in total. The first kappa shape index (κ1) is 17.3. The van der Waals surface area contributed by atoms with Gasteiger partial charge in [-0.2, -0.15) is 0 Å². The van der Waals surface area contributed by atoms with Crippen LogP contribution in [0.25, 0.3) is 0 Å². The molecule has 0 spiro atoms. The number of thioether (sulfide) groups is 1. The number of hydrogen-bond acceptors (Lipinski definition) is 3. The van der Waals surface area contributed by atoms with Gasteiger partial charge in [-0.25, -0.2) is 0 Å². The minimum absolute atomic E-state index is 0. The molecule has 0 aliphatic heterocycles. The van der Waals surface area contributed by atoms with Crippen molar-refractivity contribution in [2.45, 2.75) is 31.2 Å². The molecule has 2 rings (SSSR count). The monoisotopic (exact) mass is 314 g/mol. The maximum absolute atomic E-state index is 11.7. The Morgan fingerprint density at radius 3 is 2.80 bits per heavy atom. The molecule has 20 heavy (non-hydrogen) atoms. The molecule has 0 saturated heterocycles. The number of carbonyl (C=O) groups is 1. The Hall–Kier alpha value is -0.710. The molecule has 0 radical (unpaired) electrons. The van der Waals surface area contributed by atoms with E-state index in [0.717, 1.165) is 12.5 Å². The molecule has 1 aliphatic carbocycles. The number of hydrogen-bond donors (Lipinski definition) is 2. The molecule has 1 fully saturated rings. The summed E-state index contributed by atoms with van der Waals surface area (Å²) in [5.41, 5.74) is 2.44. The van der Waals surface area contributed by atoms with Crippen molar-refractivity contribution in [3.63, 3.8) is 0 Å². The quantitative estimate of drug-likeness (QED) is 0.760. The third-order valence-corrected chi connectivity index (χ3v) is 4.15. The summed E-state index contributed by atoms with van der Waals surface area (Å²) in [6.45, 7) is 4.11. The third kappa shape index (κ3) is 5.73. The van der Waals surface area contributed by atoms with Gasteiger partial charge in [-0.15, -0.1) is 24.2 Å². The van der Waals surface area contributed by atoms with E-state index in [4.69, 9.17) is 0 Å². The van der Waals surface area contributed by atoms with Gasteiger partial charge in [-0.1, -0.05) is 12.1 Å². The van der Waals surface area contributed by atoms with Crippen LogP contribution in [0, 0.1) is 12.8 Å². The first-order valence-corrected chi connectivity index (χ1v) is 8.02. The summed E-state index contributed by atoms with van der Waals surface area (Å²) in [6, 6.07) is 6.35. The van der Waals surface area contributed by atoms with Gasteiger partial charge in [0.15, 0.2) is 0 Å². The first-order chi connectivity index (χ1) is 9.19. The Balaban J connectivity index is 0.00000200. The second kappa shape index (κ2) is 8.55. The van der Waals surface area contributed by atoms with E-state index in [1.165, 1.54) is 28.9 Å². The maximum Gasteiger partial charge on any atom is 0.234 e. The number of rotatable bonds is 7. The van der Waals surface area contributed by atoms with Crippen molar-refractivity contribution < 1.29 is 4.79 Å². The highest BCUT2D eigenvalue weighted by Gasteiger charge is 2.20. The van der Waals surface area contributed by atoms with Gasteiger partial charge in [-0.05, 0) is 55.7 Å². The standard InChI is InChI=1S/C15H22N2OS.ClH/c1-11-3-6-13(14(7-11)19-2)9-17-15(18)10-16-8-12-4-5-12;/h3,6-7,12,16H,4-5,8-10H2,1-2H3,(H,17,18);1H. The molecule has 0 aromatic heterocycles. The van der Waals surface area contributed by atoms with Crippen molar-refractivity contribution >= 4 is 30.1 Å². The van der Waals surface area contributed by atoms with Crippen LogP contribution in [0.2, 0.25) is 0 Å². The van der Waals surface area contributed by atoms with Crippen molar-refractivity contribution in [1.29, 1.82) is 0 Å². The van der Waals surface area contributed by atoms with Crippen molar-refractivity contribution in [3.05, 3.63) is 29.3 Å². The Morgan fingerprint density at radius 1 is 1.40 bits per heavy atom. The molecule has 2 N–H and O–H groups in total. The number of carbonyl (C=O) groups excluding carboxylic acids is 1. The number of benzene rings is 1. The molecule has 0 bridgehead atoms. The van der Waals surface area contributed by atoms with Gasteiger partial charge in [0.1, 0.15) is 0 Å². The molecule has 1 aliphatic rings. The average molecular weight is 315 g/mol. The van der Waals surface area contributed by atoms with Crippen LogP contribution in [0.5, 0.6) is 0 Å². The molecule has 1 amide bonds. The van der Waals surface area contributed by atoms with Crippen molar-refractivity contribution in [3.8, 4) is 0 Å². The van der Waals surface area contributed by atoms with E-state index in [0.29, 0.717) is 13.1 Å². The van der Waals surface area contributed by atoms with Gasteiger partial charge in [0, 0.05) is 11.4 Å². The topological polar surface area (TPSA) is 41.1 Å². The summed E-state index contributed by atoms with van der Waals surface area (Å²) in [5, 5.41) is 6.18. The average Bonchev–Trinajstić information content (AvgIpc) is 3.21. The van der Waals surface area contributed by atoms with Crippen LogP contribution in [-0.4, -0.2) is 25.3 Å². The van der Waals surface area contributed by atoms with E-state index in [9.17, 15) is 4.79 Å². The Labute approximate surface area is 131 Å². The number of nitrogens with one attached hydrogen (secondary N) is 2. The Morgan fingerprint density at radius 2 is 2.15 bits per heavy atom. The van der Waals surface area contributed by atoms with Crippen LogP contribution in [0.3, 0.4) is 0 Å². The number of amides is 1. The van der Waals surface area contributed by atoms with Gasteiger partial charge in [0.25, 0.3) is 0 Å². The molecule has 1 aromatic carbocycles. The van der Waals surface area contributed by atoms with Gasteiger partial charge >= 0.3 is 0 Å². The highest BCUT2D eigenvalue weighted by molar-refractivity contribution is 7.98. The molecule has 0 atom stereocenters. The SMILES string of the molecule is CSc1cc(C)ccc1CNC(=O)CNCC1CC1.Cl. The van der Waals surface area contributed by atoms with E-state index >= 15 is 0 Å². The van der Waals surface area contributed by atoms with Crippen molar-refractivity contribution in [2.24, 2.45) is 5.92 Å². The van der Waals surface area contributed by atoms with Crippen LogP contribution in [0.15, 0.2) is 23.1 Å². The van der Waals surface area contributed by atoms with Crippen LogP contribution in [0.1, 0.15) is 24.0 Å². The van der Waals surface area contributed by atoms with Crippen LogP contribution < -0.4 is 10.6 Å². The number of halogens is 1. The fourth-order valence-electron chi connectivity index (χ4n) is 1.97. The van der Waals surface area contributed by atoms with Crippen molar-refractivity contribution in [2.75, 3.05) is 19.3 Å². The summed E-state index contributed by atoms with van der Waals surface area (Å²) >= 11 is 1.72. The fourth-order valence-corrected chi connectivity index (χ4v) is 2.67. The predicted molar refractivity (Wildman–Crippen MR) is 87.6 cm³/mol. The summed E-state index contributed by atoms with van der Waals surface area (Å²) < 4.78 is 0. The zero-order valence-electron chi connectivity index (χ0n) is 12.1. The zero-order chi connectivity index (χ0) is 13.7. The molecular weight excluding hydrogens is 292 g/mol. The molecule has 112 valence electrons. The lowest BCUT2D eigenvalue weighted by Gasteiger charge is -2.10. The Bertz CT molecular complexity index is 449. The lowest BCUT2D eigenvalue weighted by atomic mass is 10.1. The highest BCUT2D eigenvalue weighted by Crippen LogP contribution is 2.27. The highest BCUT2D eigenvalue weighted by atomic mass is 35.5. The van der Waals surface area contributed by atoms with Crippen LogP contribution in [0.4, 0.5) is 0 Å². The van der Waals surface area contributed by atoms with Crippen molar-refractivity contribution in [1.82, 2.24) is 10.6 Å². The van der Waals surface area contributed by atoms with E-state index in [2.05, 4.69) is 42.0 Å². The second-order valence-electron chi connectivity index (χ2n) is 5.17. The van der Waals surface area contributed by atoms with Gasteiger partial charge < -0.3 is 10.6 Å². The molecule has 1 aromatic rings. The minimum Gasteiger partial charge on any atom is -0.351 e. The first-order valence-electron chi connectivity index (χ1n) is 6.80. The third-order valence-electron chi connectivity index (χ3n) is 3.33. The Kier molecular flexibility index (Phi) is 7.41. The summed E-state index contributed by atoms with van der Waals surface area (Å²) in [7, 11) is 0. The van der Waals surface area contributed by atoms with Crippen LogP contribution in [-0.2, 0) is 11.3 Å². The van der Waals surface area contributed by atoms with Crippen LogP contribution >= 0.6 is 24.2 Å². The molecule has 1 saturated carbocycles. The van der Waals surface area contributed by atoms with Gasteiger partial charge in [-0.3, -0.25) is 4.79 Å². The summed E-state index contributed by atoms with van der Waals surface area (Å²) in [6.07, 6.45) is 4.70. The predicted octanol–water partition coefficient (Wildman–Crippen LogP) is 2.75. The fraction of sp³-hybridized carbons (Fsp3) is 0.533. The molecule has 0 heterocycles. The van der Waals surface area contributed by atoms with Gasteiger partial charge in [0.05, 0.1) is 6.54 Å². The summed E-state index contributed by atoms with van der Waals surface area (Å²) in [5.74, 6) is 0.890.